The molecule has 0 amide bonds. The van der Waals surface area contributed by atoms with E-state index in [1.807, 2.05) is 18.2 Å². The molecule has 7 nitrogen and oxygen atoms in total. The molecule has 0 saturated carbocycles. The third kappa shape index (κ3) is 5.30. The average molecular weight is 362 g/mol. The standard InChI is InChI=1S/C17H22N4O3S/c1-20(11-16(22)23)9-14-10-21(6-7-24-14)8-13-12-25-17(19-13)15-4-2-3-5-18-15/h2-5,12,14H,6-11H2,1H3,(H,22,23). The zero-order chi connectivity index (χ0) is 17.6. The lowest BCUT2D eigenvalue weighted by Gasteiger charge is -2.34. The van der Waals surface area contributed by atoms with Gasteiger partial charge >= 0.3 is 5.97 Å². The van der Waals surface area contributed by atoms with Gasteiger partial charge in [-0.25, -0.2) is 4.98 Å². The van der Waals surface area contributed by atoms with Crippen molar-refractivity contribution in [2.75, 3.05) is 39.8 Å². The van der Waals surface area contributed by atoms with Gasteiger partial charge in [0.15, 0.2) is 0 Å². The summed E-state index contributed by atoms with van der Waals surface area (Å²) in [6.07, 6.45) is 1.79. The predicted molar refractivity (Wildman–Crippen MR) is 95.5 cm³/mol. The van der Waals surface area contributed by atoms with Crippen LogP contribution in [0.4, 0.5) is 0 Å². The van der Waals surface area contributed by atoms with Gasteiger partial charge in [0.2, 0.25) is 0 Å². The summed E-state index contributed by atoms with van der Waals surface area (Å²) in [7, 11) is 1.80. The monoisotopic (exact) mass is 362 g/mol. The normalized spacial score (nSPS) is 18.6. The molecule has 0 aliphatic carbocycles. The Kier molecular flexibility index (Phi) is 6.09. The van der Waals surface area contributed by atoms with Crippen molar-refractivity contribution in [1.82, 2.24) is 19.8 Å². The molecule has 0 radical (unpaired) electrons. The molecule has 0 aromatic carbocycles. The molecule has 1 unspecified atom stereocenters. The Balaban J connectivity index is 1.54. The number of ether oxygens (including phenoxy) is 1. The summed E-state index contributed by atoms with van der Waals surface area (Å²) in [4.78, 5) is 23.9. The molecule has 1 N–H and O–H groups in total. The van der Waals surface area contributed by atoms with E-state index in [1.54, 1.807) is 29.5 Å². The van der Waals surface area contributed by atoms with Crippen molar-refractivity contribution in [3.63, 3.8) is 0 Å². The number of carboxylic acid groups (broad SMARTS) is 1. The summed E-state index contributed by atoms with van der Waals surface area (Å²) >= 11 is 1.60. The lowest BCUT2D eigenvalue weighted by molar-refractivity contribution is -0.138. The molecule has 25 heavy (non-hydrogen) atoms. The van der Waals surface area contributed by atoms with Crippen LogP contribution in [0.25, 0.3) is 10.7 Å². The third-order valence-corrected chi connectivity index (χ3v) is 4.88. The van der Waals surface area contributed by atoms with E-state index in [4.69, 9.17) is 9.84 Å². The van der Waals surface area contributed by atoms with Crippen LogP contribution in [0.15, 0.2) is 29.8 Å². The van der Waals surface area contributed by atoms with E-state index in [9.17, 15) is 4.79 Å². The second-order valence-corrected chi connectivity index (χ2v) is 7.04. The van der Waals surface area contributed by atoms with Gasteiger partial charge in [0.1, 0.15) is 5.01 Å². The Labute approximate surface area is 150 Å². The Hall–Kier alpha value is -1.87. The fraction of sp³-hybridized carbons (Fsp3) is 0.471. The minimum atomic E-state index is -0.820. The number of nitrogens with zero attached hydrogens (tertiary/aromatic N) is 4. The number of aromatic nitrogens is 2. The zero-order valence-electron chi connectivity index (χ0n) is 14.2. The number of hydrogen-bond acceptors (Lipinski definition) is 7. The summed E-state index contributed by atoms with van der Waals surface area (Å²) in [6.45, 7) is 3.70. The highest BCUT2D eigenvalue weighted by Crippen LogP contribution is 2.22. The van der Waals surface area contributed by atoms with E-state index < -0.39 is 5.97 Å². The van der Waals surface area contributed by atoms with E-state index in [0.717, 1.165) is 36.0 Å². The number of rotatable bonds is 7. The van der Waals surface area contributed by atoms with Gasteiger partial charge in [-0.2, -0.15) is 0 Å². The third-order valence-electron chi connectivity index (χ3n) is 3.96. The molecule has 8 heteroatoms. The average Bonchev–Trinajstić information content (AvgIpc) is 3.03. The van der Waals surface area contributed by atoms with Crippen molar-refractivity contribution in [3.05, 3.63) is 35.5 Å². The molecule has 2 aromatic rings. The van der Waals surface area contributed by atoms with Gasteiger partial charge in [-0.05, 0) is 19.2 Å². The Morgan fingerprint density at radius 2 is 2.40 bits per heavy atom. The lowest BCUT2D eigenvalue weighted by Crippen LogP contribution is -2.47. The molecule has 1 aliphatic rings. The Morgan fingerprint density at radius 1 is 1.52 bits per heavy atom. The first-order valence-electron chi connectivity index (χ1n) is 8.20. The van der Waals surface area contributed by atoms with E-state index in [-0.39, 0.29) is 12.6 Å². The van der Waals surface area contributed by atoms with Gasteiger partial charge in [0.05, 0.1) is 30.6 Å². The number of aliphatic carboxylic acids is 1. The highest BCUT2D eigenvalue weighted by atomic mass is 32.1. The van der Waals surface area contributed by atoms with E-state index in [0.29, 0.717) is 13.2 Å². The smallest absolute Gasteiger partial charge is 0.317 e. The number of carboxylic acids is 1. The van der Waals surface area contributed by atoms with Crippen molar-refractivity contribution >= 4 is 17.3 Å². The second kappa shape index (κ2) is 8.48. The number of hydrogen-bond donors (Lipinski definition) is 1. The molecular formula is C17H22N4O3S. The van der Waals surface area contributed by atoms with Crippen LogP contribution in [0.1, 0.15) is 5.69 Å². The molecule has 1 atom stereocenters. The van der Waals surface area contributed by atoms with Gasteiger partial charge < -0.3 is 9.84 Å². The van der Waals surface area contributed by atoms with Crippen molar-refractivity contribution in [2.24, 2.45) is 0 Å². The van der Waals surface area contributed by atoms with E-state index in [1.165, 1.54) is 0 Å². The first kappa shape index (κ1) is 17.9. The summed E-state index contributed by atoms with van der Waals surface area (Å²) in [5, 5.41) is 11.9. The molecule has 1 fully saturated rings. The molecular weight excluding hydrogens is 340 g/mol. The number of carbonyl (C=O) groups is 1. The van der Waals surface area contributed by atoms with E-state index >= 15 is 0 Å². The quantitative estimate of drug-likeness (QED) is 0.798. The van der Waals surface area contributed by atoms with Crippen molar-refractivity contribution in [3.8, 4) is 10.7 Å². The molecule has 3 heterocycles. The van der Waals surface area contributed by atoms with Gasteiger partial charge in [-0.1, -0.05) is 6.07 Å². The first-order valence-corrected chi connectivity index (χ1v) is 9.08. The van der Waals surface area contributed by atoms with Gasteiger partial charge in [-0.3, -0.25) is 19.6 Å². The minimum absolute atomic E-state index is 0.0204. The fourth-order valence-corrected chi connectivity index (χ4v) is 3.68. The highest BCUT2D eigenvalue weighted by Gasteiger charge is 2.23. The van der Waals surface area contributed by atoms with Crippen LogP contribution in [-0.4, -0.2) is 76.8 Å². The zero-order valence-corrected chi connectivity index (χ0v) is 15.0. The number of pyridine rings is 1. The summed E-state index contributed by atoms with van der Waals surface area (Å²) in [6, 6.07) is 5.82. The largest absolute Gasteiger partial charge is 0.480 e. The lowest BCUT2D eigenvalue weighted by atomic mass is 10.2. The first-order chi connectivity index (χ1) is 12.1. The number of thiazole rings is 1. The second-order valence-electron chi connectivity index (χ2n) is 6.18. The van der Waals surface area contributed by atoms with Crippen LogP contribution < -0.4 is 0 Å². The van der Waals surface area contributed by atoms with Crippen LogP contribution in [0.2, 0.25) is 0 Å². The fourth-order valence-electron chi connectivity index (χ4n) is 2.89. The predicted octanol–water partition coefficient (Wildman–Crippen LogP) is 1.42. The van der Waals surface area contributed by atoms with Crippen molar-refractivity contribution < 1.29 is 14.6 Å². The maximum atomic E-state index is 10.8. The molecule has 0 spiro atoms. The van der Waals surface area contributed by atoms with Crippen LogP contribution >= 0.6 is 11.3 Å². The maximum Gasteiger partial charge on any atom is 0.317 e. The summed E-state index contributed by atoms with van der Waals surface area (Å²) in [5.74, 6) is -0.820. The molecule has 1 aliphatic heterocycles. The van der Waals surface area contributed by atoms with Gasteiger partial charge in [0.25, 0.3) is 0 Å². The van der Waals surface area contributed by atoms with E-state index in [2.05, 4.69) is 20.2 Å². The summed E-state index contributed by atoms with van der Waals surface area (Å²) < 4.78 is 5.77. The number of likely N-dealkylation sites (N-methyl/N-ethyl adjacent to an activating group) is 1. The minimum Gasteiger partial charge on any atom is -0.480 e. The SMILES string of the molecule is CN(CC(=O)O)CC1CN(Cc2csc(-c3ccccn3)n2)CCO1. The number of morpholine rings is 1. The molecule has 0 bridgehead atoms. The molecule has 134 valence electrons. The van der Waals surface area contributed by atoms with Crippen LogP contribution in [0, 0.1) is 0 Å². The highest BCUT2D eigenvalue weighted by molar-refractivity contribution is 7.13. The Bertz CT molecular complexity index is 694. The van der Waals surface area contributed by atoms with Crippen molar-refractivity contribution in [1.29, 1.82) is 0 Å². The van der Waals surface area contributed by atoms with Crippen molar-refractivity contribution in [2.45, 2.75) is 12.6 Å². The van der Waals surface area contributed by atoms with Crippen LogP contribution in [-0.2, 0) is 16.1 Å². The molecule has 2 aromatic heterocycles. The Morgan fingerprint density at radius 3 is 3.16 bits per heavy atom. The van der Waals surface area contributed by atoms with Crippen LogP contribution in [0.5, 0.6) is 0 Å². The van der Waals surface area contributed by atoms with Gasteiger partial charge in [0, 0.05) is 37.8 Å². The van der Waals surface area contributed by atoms with Crippen LogP contribution in [0.3, 0.4) is 0 Å². The summed E-state index contributed by atoms with van der Waals surface area (Å²) in [5.41, 5.74) is 1.93. The molecule has 3 rings (SSSR count). The topological polar surface area (TPSA) is 78.8 Å². The van der Waals surface area contributed by atoms with Gasteiger partial charge in [-0.15, -0.1) is 11.3 Å². The molecule has 1 saturated heterocycles. The maximum absolute atomic E-state index is 10.8.